The molecule has 0 heterocycles. The van der Waals surface area contributed by atoms with E-state index in [1.165, 1.54) is 19.3 Å². The maximum absolute atomic E-state index is 5.59. The van der Waals surface area contributed by atoms with Crippen LogP contribution in [0.5, 0.6) is 0 Å². The molecule has 0 unspecified atom stereocenters. The van der Waals surface area contributed by atoms with Crippen LogP contribution in [0.25, 0.3) is 0 Å². The molecule has 0 rings (SSSR count). The van der Waals surface area contributed by atoms with E-state index in [1.807, 2.05) is 6.08 Å². The molecule has 2 N–H and O–H groups in total. The lowest BCUT2D eigenvalue weighted by Gasteiger charge is -2.12. The van der Waals surface area contributed by atoms with Crippen LogP contribution in [0.2, 0.25) is 0 Å². The van der Waals surface area contributed by atoms with Crippen molar-refractivity contribution in [3.63, 3.8) is 0 Å². The van der Waals surface area contributed by atoms with E-state index in [0.29, 0.717) is 0 Å². The Labute approximate surface area is 63.7 Å². The first-order valence-electron chi connectivity index (χ1n) is 3.91. The van der Waals surface area contributed by atoms with E-state index in [0.717, 1.165) is 13.1 Å². The van der Waals surface area contributed by atoms with Gasteiger partial charge in [-0.1, -0.05) is 25.8 Å². The average Bonchev–Trinajstić information content (AvgIpc) is 1.89. The molecule has 2 heteroatoms. The van der Waals surface area contributed by atoms with Crippen LogP contribution < -0.4 is 5.84 Å². The van der Waals surface area contributed by atoms with Crippen LogP contribution in [-0.2, 0) is 0 Å². The molecule has 0 aliphatic carbocycles. The van der Waals surface area contributed by atoms with Crippen molar-refractivity contribution in [1.82, 2.24) is 5.01 Å². The van der Waals surface area contributed by atoms with Crippen LogP contribution in [0.4, 0.5) is 0 Å². The van der Waals surface area contributed by atoms with Crippen LogP contribution in [0, 0.1) is 0 Å². The molecule has 0 radical (unpaired) electrons. The standard InChI is InChI=1S/C8H18N2/c1-3-5-6-8-10(9)7-4-2/h4H,2-3,5-9H2,1H3. The zero-order valence-electron chi connectivity index (χ0n) is 6.84. The van der Waals surface area contributed by atoms with Crippen LogP contribution >= 0.6 is 0 Å². The highest BCUT2D eigenvalue weighted by molar-refractivity contribution is 4.69. The fraction of sp³-hybridized carbons (Fsp3) is 0.750. The normalized spacial score (nSPS) is 10.3. The van der Waals surface area contributed by atoms with Gasteiger partial charge in [0.2, 0.25) is 0 Å². The largest absolute Gasteiger partial charge is 0.269 e. The van der Waals surface area contributed by atoms with Gasteiger partial charge in [0.15, 0.2) is 0 Å². The molecule has 0 saturated heterocycles. The highest BCUT2D eigenvalue weighted by Gasteiger charge is 1.92. The quantitative estimate of drug-likeness (QED) is 0.264. The topological polar surface area (TPSA) is 29.3 Å². The molecule has 2 nitrogen and oxygen atoms in total. The van der Waals surface area contributed by atoms with Crippen molar-refractivity contribution in [3.8, 4) is 0 Å². The van der Waals surface area contributed by atoms with Crippen LogP contribution in [-0.4, -0.2) is 18.1 Å². The molecule has 0 atom stereocenters. The second kappa shape index (κ2) is 6.78. The van der Waals surface area contributed by atoms with Gasteiger partial charge in [-0.25, -0.2) is 5.01 Å². The molecule has 0 amide bonds. The third kappa shape index (κ3) is 5.79. The molecule has 0 fully saturated rings. The van der Waals surface area contributed by atoms with E-state index in [-0.39, 0.29) is 0 Å². The molecule has 0 aromatic heterocycles. The first-order valence-corrected chi connectivity index (χ1v) is 3.91. The molecule has 10 heavy (non-hydrogen) atoms. The number of hydrazine groups is 1. The number of nitrogens with two attached hydrogens (primary N) is 1. The van der Waals surface area contributed by atoms with Crippen LogP contribution in [0.3, 0.4) is 0 Å². The summed E-state index contributed by atoms with van der Waals surface area (Å²) in [5, 5.41) is 1.79. The van der Waals surface area contributed by atoms with Gasteiger partial charge in [-0.05, 0) is 6.42 Å². The van der Waals surface area contributed by atoms with Crippen molar-refractivity contribution >= 4 is 0 Å². The maximum atomic E-state index is 5.59. The SMILES string of the molecule is C=CCN(N)CCCCC. The molecular formula is C8H18N2. The zero-order valence-corrected chi connectivity index (χ0v) is 6.84. The molecule has 0 aromatic rings. The van der Waals surface area contributed by atoms with Gasteiger partial charge in [-0.3, -0.25) is 5.84 Å². The van der Waals surface area contributed by atoms with Crippen molar-refractivity contribution in [2.75, 3.05) is 13.1 Å². The van der Waals surface area contributed by atoms with E-state index in [9.17, 15) is 0 Å². The van der Waals surface area contributed by atoms with E-state index in [1.54, 1.807) is 5.01 Å². The lowest BCUT2D eigenvalue weighted by atomic mass is 10.2. The highest BCUT2D eigenvalue weighted by atomic mass is 15.4. The second-order valence-electron chi connectivity index (χ2n) is 2.49. The number of rotatable bonds is 6. The van der Waals surface area contributed by atoms with Crippen molar-refractivity contribution in [1.29, 1.82) is 0 Å². The molecule has 0 bridgehead atoms. The Morgan fingerprint density at radius 3 is 2.70 bits per heavy atom. The van der Waals surface area contributed by atoms with Crippen molar-refractivity contribution in [2.45, 2.75) is 26.2 Å². The van der Waals surface area contributed by atoms with E-state index < -0.39 is 0 Å². The minimum absolute atomic E-state index is 0.795. The Bertz CT molecular complexity index is 81.3. The lowest BCUT2D eigenvalue weighted by Crippen LogP contribution is -2.31. The predicted octanol–water partition coefficient (Wildman–Crippen LogP) is 1.54. The first-order chi connectivity index (χ1) is 4.81. The number of nitrogens with zero attached hydrogens (tertiary/aromatic N) is 1. The molecule has 0 aliphatic heterocycles. The Morgan fingerprint density at radius 1 is 1.50 bits per heavy atom. The summed E-state index contributed by atoms with van der Waals surface area (Å²) in [4.78, 5) is 0. The van der Waals surface area contributed by atoms with Gasteiger partial charge in [-0.15, -0.1) is 6.58 Å². The van der Waals surface area contributed by atoms with Gasteiger partial charge in [0, 0.05) is 13.1 Å². The minimum Gasteiger partial charge on any atom is -0.269 e. The monoisotopic (exact) mass is 142 g/mol. The van der Waals surface area contributed by atoms with E-state index in [2.05, 4.69) is 13.5 Å². The Kier molecular flexibility index (Phi) is 6.55. The van der Waals surface area contributed by atoms with Gasteiger partial charge in [-0.2, -0.15) is 0 Å². The predicted molar refractivity (Wildman–Crippen MR) is 45.5 cm³/mol. The van der Waals surface area contributed by atoms with Crippen molar-refractivity contribution < 1.29 is 0 Å². The number of unbranched alkanes of at least 4 members (excludes halogenated alkanes) is 2. The van der Waals surface area contributed by atoms with Gasteiger partial charge in [0.05, 0.1) is 0 Å². The highest BCUT2D eigenvalue weighted by Crippen LogP contribution is 1.94. The Hall–Kier alpha value is -0.340. The summed E-state index contributed by atoms with van der Waals surface area (Å²) in [6.07, 6.45) is 5.54. The van der Waals surface area contributed by atoms with Gasteiger partial charge < -0.3 is 0 Å². The average molecular weight is 142 g/mol. The Morgan fingerprint density at radius 2 is 2.20 bits per heavy atom. The number of hydrogen-bond donors (Lipinski definition) is 1. The Balaban J connectivity index is 3.04. The summed E-state index contributed by atoms with van der Waals surface area (Å²) in [7, 11) is 0. The molecule has 0 saturated carbocycles. The summed E-state index contributed by atoms with van der Waals surface area (Å²) < 4.78 is 0. The van der Waals surface area contributed by atoms with E-state index in [4.69, 9.17) is 5.84 Å². The summed E-state index contributed by atoms with van der Waals surface area (Å²) in [6.45, 7) is 7.58. The fourth-order valence-corrected chi connectivity index (χ4v) is 0.822. The van der Waals surface area contributed by atoms with Crippen molar-refractivity contribution in [2.24, 2.45) is 5.84 Å². The minimum atomic E-state index is 0.795. The summed E-state index contributed by atoms with van der Waals surface area (Å²) >= 11 is 0. The molecule has 0 aliphatic rings. The summed E-state index contributed by atoms with van der Waals surface area (Å²) in [5.74, 6) is 5.59. The molecule has 0 aromatic carbocycles. The van der Waals surface area contributed by atoms with E-state index >= 15 is 0 Å². The van der Waals surface area contributed by atoms with Gasteiger partial charge >= 0.3 is 0 Å². The summed E-state index contributed by atoms with van der Waals surface area (Å²) in [6, 6.07) is 0. The zero-order chi connectivity index (χ0) is 7.82. The fourth-order valence-electron chi connectivity index (χ4n) is 0.822. The van der Waals surface area contributed by atoms with Gasteiger partial charge in [0.25, 0.3) is 0 Å². The van der Waals surface area contributed by atoms with Crippen molar-refractivity contribution in [3.05, 3.63) is 12.7 Å². The molecular weight excluding hydrogens is 124 g/mol. The van der Waals surface area contributed by atoms with Crippen LogP contribution in [0.15, 0.2) is 12.7 Å². The smallest absolute Gasteiger partial charge is 0.0306 e. The third-order valence-corrected chi connectivity index (χ3v) is 1.41. The molecule has 60 valence electrons. The van der Waals surface area contributed by atoms with Gasteiger partial charge in [0.1, 0.15) is 0 Å². The lowest BCUT2D eigenvalue weighted by molar-refractivity contribution is 0.306. The first kappa shape index (κ1) is 9.66. The maximum Gasteiger partial charge on any atom is 0.0306 e. The molecule has 0 spiro atoms. The number of hydrogen-bond acceptors (Lipinski definition) is 2. The summed E-state index contributed by atoms with van der Waals surface area (Å²) in [5.41, 5.74) is 0. The third-order valence-electron chi connectivity index (χ3n) is 1.41. The van der Waals surface area contributed by atoms with Crippen LogP contribution in [0.1, 0.15) is 26.2 Å². The second-order valence-corrected chi connectivity index (χ2v) is 2.49.